The maximum atomic E-state index is 13.8. The molecule has 0 saturated heterocycles. The van der Waals surface area contributed by atoms with Crippen LogP contribution >= 0.6 is 184 Å². The number of carboxylic acids is 2. The lowest BCUT2D eigenvalue weighted by Gasteiger charge is -2.15. The molecule has 0 aliphatic heterocycles. The first kappa shape index (κ1) is 109. The number of phenols is 5. The third-order valence-electron chi connectivity index (χ3n) is 23.2. The monoisotopic (exact) mass is 2570 g/mol. The number of nitrogens with zero attached hydrogens (tertiary/aromatic N) is 5. The first-order chi connectivity index (χ1) is 69.9. The van der Waals surface area contributed by atoms with Gasteiger partial charge in [0.05, 0.1) is 86.6 Å². The second-order valence-corrected chi connectivity index (χ2v) is 49.8. The molecular formula is C105H67Br5Cl9N5O19S5. The van der Waals surface area contributed by atoms with Crippen LogP contribution in [0.3, 0.4) is 0 Å². The number of phenolic OH excluding ortho intramolecular Hbond substituents is 5. The van der Waals surface area contributed by atoms with Gasteiger partial charge in [0.2, 0.25) is 0 Å². The molecule has 0 spiro atoms. The van der Waals surface area contributed by atoms with Crippen LogP contribution in [0.4, 0.5) is 0 Å². The molecule has 20 rings (SSSR count). The van der Waals surface area contributed by atoms with Crippen molar-refractivity contribution in [3.8, 4) is 84.9 Å². The third-order valence-corrected chi connectivity index (χ3v) is 36.6. The van der Waals surface area contributed by atoms with Gasteiger partial charge < -0.3 is 35.7 Å². The minimum atomic E-state index is -4.36. The van der Waals surface area contributed by atoms with E-state index in [-0.39, 0.29) is 67.2 Å². The molecule has 0 atom stereocenters. The highest BCUT2D eigenvalue weighted by atomic mass is 79.9. The first-order valence-corrected chi connectivity index (χ1v) is 57.3. The molecule has 5 heterocycles. The van der Waals surface area contributed by atoms with Crippen LogP contribution in [0, 0.1) is 20.8 Å². The van der Waals surface area contributed by atoms with Crippen molar-refractivity contribution in [2.45, 2.75) is 45.2 Å². The maximum absolute atomic E-state index is 13.8. The molecule has 0 bridgehead atoms. The number of aromatic carboxylic acids is 2. The van der Waals surface area contributed by atoms with Crippen molar-refractivity contribution < 1.29 is 87.4 Å². The van der Waals surface area contributed by atoms with Crippen molar-refractivity contribution in [3.63, 3.8) is 0 Å². The van der Waals surface area contributed by atoms with E-state index in [2.05, 4.69) is 79.6 Å². The van der Waals surface area contributed by atoms with E-state index in [0.717, 1.165) is 46.7 Å². The summed E-state index contributed by atoms with van der Waals surface area (Å²) in [5, 5.41) is 75.2. The highest BCUT2D eigenvalue weighted by Gasteiger charge is 2.37. The summed E-state index contributed by atoms with van der Waals surface area (Å²) in [6, 6.07) is 83.4. The van der Waals surface area contributed by atoms with Gasteiger partial charge >= 0.3 is 11.9 Å². The molecule has 7 N–H and O–H groups in total. The van der Waals surface area contributed by atoms with Crippen LogP contribution in [-0.4, -0.2) is 110 Å². The van der Waals surface area contributed by atoms with Crippen molar-refractivity contribution in [2.75, 3.05) is 0 Å². The van der Waals surface area contributed by atoms with E-state index in [9.17, 15) is 82.3 Å². The van der Waals surface area contributed by atoms with Gasteiger partial charge in [-0.15, -0.1) is 0 Å². The zero-order valence-electron chi connectivity index (χ0n) is 75.5. The summed E-state index contributed by atoms with van der Waals surface area (Å²) in [7, 11) is -21.2. The van der Waals surface area contributed by atoms with Crippen LogP contribution in [0.5, 0.6) is 28.7 Å². The number of halogens is 14. The molecular weight excluding hydrogens is 2510 g/mol. The summed E-state index contributed by atoms with van der Waals surface area (Å²) >= 11 is 70.8. The lowest BCUT2D eigenvalue weighted by Crippen LogP contribution is -2.15. The van der Waals surface area contributed by atoms with Crippen LogP contribution in [-0.2, 0) is 50.1 Å². The van der Waals surface area contributed by atoms with E-state index >= 15 is 0 Å². The SMILES string of the molecule is Cc1c(-c2ccccc2)c2cc(Cl)ccc2n1S(=O)(=O)c1cc(Br)cc(Cl)c1O.Cc1c(-c2ccccc2)n(S(=O)(=O)c2cc(Br)cc(Cl)c2O)c2ccc(Cl)cc12.Cc1ccc2c(c1)cc(-c1ccccc1)n2S(=O)(=O)c1cc(Br)cc(Cl)c1O.O=C(O)c1ccc(-c2cc3cc(Cl)ccc3n2S(=O)(=O)c2cc(Br)cc(Cl)c2O)cc1.O=C(O)c1cccc(-c2cc3cc(Cl)ccc3n2S(=O)(=O)c2cc(Br)cc(Cl)c2O)c1. The van der Waals surface area contributed by atoms with Gasteiger partial charge in [-0.3, -0.25) is 0 Å². The van der Waals surface area contributed by atoms with Crippen molar-refractivity contribution in [2.24, 2.45) is 0 Å². The summed E-state index contributed by atoms with van der Waals surface area (Å²) < 4.78 is 145. The Kier molecular flexibility index (Phi) is 32.2. The zero-order chi connectivity index (χ0) is 107. The average Bonchev–Trinajstić information content (AvgIpc) is 1.58. The second-order valence-electron chi connectivity index (χ2n) is 32.7. The van der Waals surface area contributed by atoms with Crippen LogP contribution < -0.4 is 0 Å². The number of hydrogen-bond acceptors (Lipinski definition) is 17. The predicted molar refractivity (Wildman–Crippen MR) is 602 cm³/mol. The van der Waals surface area contributed by atoms with Crippen molar-refractivity contribution >= 4 is 301 Å². The Morgan fingerprint density at radius 1 is 0.264 bits per heavy atom. The largest absolute Gasteiger partial charge is 0.505 e. The summed E-state index contributed by atoms with van der Waals surface area (Å²) in [5.41, 5.74) is 9.82. The molecule has 0 aliphatic rings. The smallest absolute Gasteiger partial charge is 0.335 e. The van der Waals surface area contributed by atoms with Crippen LogP contribution in [0.15, 0.2) is 356 Å². The van der Waals surface area contributed by atoms with Crippen molar-refractivity contribution in [1.82, 2.24) is 19.9 Å². The molecule has 5 aromatic heterocycles. The van der Waals surface area contributed by atoms with Gasteiger partial charge in [-0.1, -0.05) is 311 Å². The van der Waals surface area contributed by atoms with E-state index in [1.165, 1.54) is 121 Å². The highest BCUT2D eigenvalue weighted by molar-refractivity contribution is 9.11. The Morgan fingerprint density at radius 2 is 0.561 bits per heavy atom. The van der Waals surface area contributed by atoms with Gasteiger partial charge in [-0.25, -0.2) is 71.5 Å². The van der Waals surface area contributed by atoms with E-state index < -0.39 is 95.7 Å². The summed E-state index contributed by atoms with van der Waals surface area (Å²) in [6.07, 6.45) is 0. The van der Waals surface area contributed by atoms with E-state index in [1.807, 2.05) is 123 Å². The fourth-order valence-electron chi connectivity index (χ4n) is 16.6. The Morgan fingerprint density at radius 3 is 0.939 bits per heavy atom. The zero-order valence-corrected chi connectivity index (χ0v) is 94.4. The first-order valence-electron chi connectivity index (χ1n) is 42.8. The molecule has 0 amide bonds. The number of benzene rings is 15. The molecule has 20 aromatic rings. The molecule has 148 heavy (non-hydrogen) atoms. The Hall–Kier alpha value is -11.3. The summed E-state index contributed by atoms with van der Waals surface area (Å²) in [6.45, 7) is 5.53. The molecule has 24 nitrogen and oxygen atoms in total. The minimum absolute atomic E-state index is 0.00177. The summed E-state index contributed by atoms with van der Waals surface area (Å²) in [4.78, 5) is 21.0. The summed E-state index contributed by atoms with van der Waals surface area (Å²) in [5.74, 6) is -4.88. The number of hydrogen-bond donors (Lipinski definition) is 7. The van der Waals surface area contributed by atoms with E-state index in [0.29, 0.717) is 120 Å². The lowest BCUT2D eigenvalue weighted by molar-refractivity contribution is 0.0686. The van der Waals surface area contributed by atoms with Gasteiger partial charge in [-0.05, 0) is 237 Å². The normalized spacial score (nSPS) is 11.8. The van der Waals surface area contributed by atoms with Crippen LogP contribution in [0.1, 0.15) is 37.5 Å². The van der Waals surface area contributed by atoms with Crippen molar-refractivity contribution in [3.05, 3.63) is 405 Å². The molecule has 43 heteroatoms. The molecule has 0 fully saturated rings. The van der Waals surface area contributed by atoms with E-state index in [4.69, 9.17) is 110 Å². The highest BCUT2D eigenvalue weighted by Crippen LogP contribution is 2.49. The predicted octanol–water partition coefficient (Wildman–Crippen LogP) is 31.3. The molecule has 0 aliphatic carbocycles. The van der Waals surface area contributed by atoms with Gasteiger partial charge in [0.15, 0.2) is 28.7 Å². The Balaban J connectivity index is 0.000000132. The number of aromatic hydroxyl groups is 5. The van der Waals surface area contributed by atoms with Crippen LogP contribution in [0.2, 0.25) is 45.2 Å². The number of carboxylic acid groups (broad SMARTS) is 2. The number of rotatable bonds is 17. The number of aromatic nitrogens is 5. The second kappa shape index (κ2) is 43.6. The van der Waals surface area contributed by atoms with E-state index in [1.54, 1.807) is 97.9 Å². The third kappa shape index (κ3) is 21.6. The van der Waals surface area contributed by atoms with Gasteiger partial charge in [-0.2, -0.15) is 0 Å². The Bertz CT molecular complexity index is 9500. The minimum Gasteiger partial charge on any atom is -0.505 e. The molecule has 15 aromatic carbocycles. The fourth-order valence-corrected chi connectivity index (χ4v) is 30.8. The van der Waals surface area contributed by atoms with Gasteiger partial charge in [0.25, 0.3) is 50.1 Å². The standard InChI is InChI=1S/2C21H12BrCl2NO5S.2C21H14BrCl2NO3S.C21H15BrClNO3S/c22-14-9-16(24)20(26)19(10-14)31(29,30)25-17-6-5-15(23)7-13(17)8-18(25)11-1-3-12(4-2-11)21(27)28;22-14-9-16(24)20(26)19(10-14)31(29,30)25-17-5-4-15(23)7-13(17)8-18(25)11-2-1-3-12(6-11)21(27)28;1-12-20(13-5-3-2-4-6-13)16-11-15(23)7-8-18(16)25(12)29(27,28)19-10-14(22)9-17(24)21(19)26;1-12-16-11-15(23)7-8-18(16)25(20(12)13-5-3-2-4-6-13)29(27,28)19-10-14(22)9-17(24)21(19)26;1-13-7-8-18-15(9-13)10-19(14-5-3-2-4-6-14)24(18)28(26,27)20-12-16(22)11-17(23)21(20)25/h2*1-10,26H,(H,27,28);2*2-11,26H,1H3;2-12,25H,1H3. The number of carbonyl (C=O) groups is 2. The molecule has 0 unspecified atom stereocenters. The number of aryl methyl sites for hydroxylation is 2. The average molecular weight is 2580 g/mol. The fraction of sp³-hybridized carbons (Fsp3) is 0.0286. The number of fused-ring (bicyclic) bond motifs is 5. The van der Waals surface area contributed by atoms with Crippen molar-refractivity contribution in [1.29, 1.82) is 0 Å². The quantitative estimate of drug-likeness (QED) is 0.0445. The van der Waals surface area contributed by atoms with Gasteiger partial charge in [0.1, 0.15) is 24.5 Å². The van der Waals surface area contributed by atoms with Crippen LogP contribution in [0.25, 0.3) is 111 Å². The van der Waals surface area contributed by atoms with Gasteiger partial charge in [0, 0.05) is 86.2 Å². The lowest BCUT2D eigenvalue weighted by atomic mass is 10.0. The molecule has 754 valence electrons. The molecule has 0 radical (unpaired) electrons. The topological polar surface area (TPSA) is 371 Å². The Labute approximate surface area is 932 Å². The molecule has 0 saturated carbocycles. The maximum Gasteiger partial charge on any atom is 0.335 e.